The Morgan fingerprint density at radius 1 is 0.914 bits per heavy atom. The minimum absolute atomic E-state index is 0.0326. The van der Waals surface area contributed by atoms with Gasteiger partial charge in [-0.3, -0.25) is 14.2 Å². The molecule has 4 aromatic rings. The van der Waals surface area contributed by atoms with E-state index in [2.05, 4.69) is 24.3 Å². The van der Waals surface area contributed by atoms with E-state index in [4.69, 9.17) is 0 Å². The summed E-state index contributed by atoms with van der Waals surface area (Å²) in [5.74, 6) is -0.312. The molecule has 0 aliphatic rings. The summed E-state index contributed by atoms with van der Waals surface area (Å²) in [6.07, 6.45) is 0. The van der Waals surface area contributed by atoms with E-state index in [1.165, 1.54) is 0 Å². The Kier molecular flexibility index (Phi) is 7.06. The maximum atomic E-state index is 13.4. The van der Waals surface area contributed by atoms with Crippen molar-refractivity contribution in [1.82, 2.24) is 19.7 Å². The third-order valence-corrected chi connectivity index (χ3v) is 5.80. The summed E-state index contributed by atoms with van der Waals surface area (Å²) in [5.41, 5.74) is 2.61. The molecule has 4 rings (SSSR count). The van der Waals surface area contributed by atoms with Gasteiger partial charge in [0.15, 0.2) is 0 Å². The van der Waals surface area contributed by atoms with Gasteiger partial charge in [-0.05, 0) is 41.7 Å². The average molecular weight is 469 g/mol. The van der Waals surface area contributed by atoms with Crippen molar-refractivity contribution in [3.8, 4) is 5.69 Å². The van der Waals surface area contributed by atoms with Crippen molar-refractivity contribution in [1.29, 1.82) is 0 Å². The van der Waals surface area contributed by atoms with Gasteiger partial charge in [-0.2, -0.15) is 9.78 Å². The maximum Gasteiger partial charge on any atom is 0.352 e. The van der Waals surface area contributed by atoms with Gasteiger partial charge in [-0.15, -0.1) is 0 Å². The van der Waals surface area contributed by atoms with Crippen molar-refractivity contribution in [3.05, 3.63) is 128 Å². The van der Waals surface area contributed by atoms with E-state index in [1.807, 2.05) is 73.7 Å². The molecule has 0 unspecified atom stereocenters. The van der Waals surface area contributed by atoms with E-state index in [9.17, 15) is 14.4 Å². The average Bonchev–Trinajstić information content (AvgIpc) is 2.86. The first-order valence-electron chi connectivity index (χ1n) is 11.6. The van der Waals surface area contributed by atoms with E-state index in [0.29, 0.717) is 11.6 Å². The number of hydrogen-bond donors (Lipinski definition) is 1. The van der Waals surface area contributed by atoms with Crippen molar-refractivity contribution < 1.29 is 4.79 Å². The summed E-state index contributed by atoms with van der Waals surface area (Å²) in [5, 5.41) is 6.96. The summed E-state index contributed by atoms with van der Waals surface area (Å²) in [6.45, 7) is 6.37. The van der Waals surface area contributed by atoms with Crippen LogP contribution in [0.3, 0.4) is 0 Å². The first-order chi connectivity index (χ1) is 16.8. The number of amides is 1. The molecule has 35 heavy (non-hydrogen) atoms. The Morgan fingerprint density at radius 2 is 1.60 bits per heavy atom. The second-order valence-corrected chi connectivity index (χ2v) is 8.84. The van der Waals surface area contributed by atoms with Crippen molar-refractivity contribution >= 4 is 5.91 Å². The number of benzene rings is 3. The van der Waals surface area contributed by atoms with Crippen LogP contribution in [0.5, 0.6) is 0 Å². The Balaban J connectivity index is 1.78. The number of aromatic nitrogens is 3. The van der Waals surface area contributed by atoms with Crippen LogP contribution in [0.25, 0.3) is 5.69 Å². The summed E-state index contributed by atoms with van der Waals surface area (Å²) in [7, 11) is 0. The molecule has 0 saturated carbocycles. The molecule has 3 aromatic carbocycles. The predicted octanol–water partition coefficient (Wildman–Crippen LogP) is 3.80. The second-order valence-electron chi connectivity index (χ2n) is 8.84. The number of hydrogen-bond acceptors (Lipinski definition) is 4. The van der Waals surface area contributed by atoms with Crippen LogP contribution < -0.4 is 16.6 Å². The molecule has 7 nitrogen and oxygen atoms in total. The molecule has 1 heterocycles. The van der Waals surface area contributed by atoms with Crippen LogP contribution in [-0.4, -0.2) is 20.3 Å². The number of carbonyl (C=O) groups is 1. The van der Waals surface area contributed by atoms with Gasteiger partial charge in [0, 0.05) is 6.54 Å². The second kappa shape index (κ2) is 10.3. The lowest BCUT2D eigenvalue weighted by Crippen LogP contribution is -2.46. The molecule has 0 aliphatic carbocycles. The number of rotatable bonds is 7. The molecule has 0 aliphatic heterocycles. The highest BCUT2D eigenvalue weighted by Crippen LogP contribution is 2.16. The van der Waals surface area contributed by atoms with Gasteiger partial charge < -0.3 is 5.32 Å². The third kappa shape index (κ3) is 5.46. The Labute approximate surface area is 203 Å². The lowest BCUT2D eigenvalue weighted by molar-refractivity contribution is 0.0941. The molecule has 1 aromatic heterocycles. The SMILES string of the molecule is Cc1cccc(Cn2c(=O)c(C(=O)NCc3ccccc3)nn(-c3ccc(C(C)C)cc3)c2=O)c1. The summed E-state index contributed by atoms with van der Waals surface area (Å²) < 4.78 is 2.19. The van der Waals surface area contributed by atoms with E-state index in [0.717, 1.165) is 31.5 Å². The Hall–Kier alpha value is -4.26. The molecule has 1 N–H and O–H groups in total. The molecular formula is C28H28N4O3. The molecular weight excluding hydrogens is 440 g/mol. The molecule has 0 saturated heterocycles. The van der Waals surface area contributed by atoms with E-state index < -0.39 is 17.2 Å². The maximum absolute atomic E-state index is 13.4. The van der Waals surface area contributed by atoms with Crippen LogP contribution in [0.1, 0.15) is 52.5 Å². The quantitative estimate of drug-likeness (QED) is 0.447. The molecule has 0 atom stereocenters. The molecule has 0 bridgehead atoms. The molecule has 178 valence electrons. The van der Waals surface area contributed by atoms with Gasteiger partial charge >= 0.3 is 5.69 Å². The zero-order valence-electron chi connectivity index (χ0n) is 20.1. The topological polar surface area (TPSA) is 86.0 Å². The largest absolute Gasteiger partial charge is 0.352 e. The van der Waals surface area contributed by atoms with Crippen molar-refractivity contribution in [2.24, 2.45) is 0 Å². The molecule has 0 fully saturated rings. The lowest BCUT2D eigenvalue weighted by Gasteiger charge is -2.13. The number of nitrogens with one attached hydrogen (secondary N) is 1. The van der Waals surface area contributed by atoms with Crippen LogP contribution in [0, 0.1) is 6.92 Å². The van der Waals surface area contributed by atoms with Crippen molar-refractivity contribution in [2.75, 3.05) is 0 Å². The smallest absolute Gasteiger partial charge is 0.346 e. The number of aryl methyl sites for hydroxylation is 1. The third-order valence-electron chi connectivity index (χ3n) is 5.80. The zero-order valence-corrected chi connectivity index (χ0v) is 20.1. The van der Waals surface area contributed by atoms with Crippen LogP contribution >= 0.6 is 0 Å². The fraction of sp³-hybridized carbons (Fsp3) is 0.214. The van der Waals surface area contributed by atoms with Gasteiger partial charge in [-0.1, -0.05) is 86.1 Å². The standard InChI is InChI=1S/C28H28N4O3/c1-19(2)23-12-14-24(15-13-23)32-28(35)31(18-22-11-7-8-20(3)16-22)27(34)25(30-32)26(33)29-17-21-9-5-4-6-10-21/h4-16,19H,17-18H2,1-3H3,(H,29,33). The zero-order chi connectivity index (χ0) is 24.9. The van der Waals surface area contributed by atoms with E-state index in [1.54, 1.807) is 12.1 Å². The fourth-order valence-corrected chi connectivity index (χ4v) is 3.82. The fourth-order valence-electron chi connectivity index (χ4n) is 3.82. The minimum atomic E-state index is -0.725. The van der Waals surface area contributed by atoms with Gasteiger partial charge in [0.05, 0.1) is 12.2 Å². The lowest BCUT2D eigenvalue weighted by atomic mass is 10.0. The predicted molar refractivity (Wildman–Crippen MR) is 136 cm³/mol. The number of carbonyl (C=O) groups excluding carboxylic acids is 1. The summed E-state index contributed by atoms with van der Waals surface area (Å²) in [4.78, 5) is 39.7. The highest BCUT2D eigenvalue weighted by molar-refractivity contribution is 5.91. The highest BCUT2D eigenvalue weighted by atomic mass is 16.2. The van der Waals surface area contributed by atoms with Gasteiger partial charge in [-0.25, -0.2) is 4.79 Å². The van der Waals surface area contributed by atoms with Crippen LogP contribution in [0.2, 0.25) is 0 Å². The van der Waals surface area contributed by atoms with Gasteiger partial charge in [0.1, 0.15) is 0 Å². The van der Waals surface area contributed by atoms with Crippen molar-refractivity contribution in [2.45, 2.75) is 39.8 Å². The molecule has 7 heteroatoms. The van der Waals surface area contributed by atoms with Crippen LogP contribution in [0.15, 0.2) is 88.5 Å². The highest BCUT2D eigenvalue weighted by Gasteiger charge is 2.20. The minimum Gasteiger partial charge on any atom is -0.346 e. The molecule has 0 radical (unpaired) electrons. The first-order valence-corrected chi connectivity index (χ1v) is 11.6. The number of nitrogens with zero attached hydrogens (tertiary/aromatic N) is 3. The van der Waals surface area contributed by atoms with Gasteiger partial charge in [0.2, 0.25) is 5.69 Å². The Bertz CT molecular complexity index is 1450. The molecule has 0 spiro atoms. The molecule has 1 amide bonds. The van der Waals surface area contributed by atoms with Crippen LogP contribution in [-0.2, 0) is 13.1 Å². The first kappa shape index (κ1) is 23.9. The monoisotopic (exact) mass is 468 g/mol. The normalized spacial score (nSPS) is 11.0. The van der Waals surface area contributed by atoms with E-state index in [-0.39, 0.29) is 18.8 Å². The van der Waals surface area contributed by atoms with Crippen molar-refractivity contribution in [3.63, 3.8) is 0 Å². The summed E-state index contributed by atoms with van der Waals surface area (Å²) >= 11 is 0. The van der Waals surface area contributed by atoms with E-state index >= 15 is 0 Å². The van der Waals surface area contributed by atoms with Crippen LogP contribution in [0.4, 0.5) is 0 Å². The summed E-state index contributed by atoms with van der Waals surface area (Å²) in [6, 6.07) is 24.3. The Morgan fingerprint density at radius 3 is 2.26 bits per heavy atom. The van der Waals surface area contributed by atoms with Gasteiger partial charge in [0.25, 0.3) is 11.5 Å².